The zero-order valence-electron chi connectivity index (χ0n) is 9.73. The van der Waals surface area contributed by atoms with E-state index >= 15 is 0 Å². The number of rotatable bonds is 0. The molecule has 2 rings (SSSR count). The van der Waals surface area contributed by atoms with Gasteiger partial charge in [0, 0.05) is 5.56 Å². The fourth-order valence-electron chi connectivity index (χ4n) is 2.07. The van der Waals surface area contributed by atoms with Crippen LogP contribution in [0.1, 0.15) is 38.8 Å². The molecule has 1 heterocycles. The first-order valence-corrected chi connectivity index (χ1v) is 5.28. The van der Waals surface area contributed by atoms with Gasteiger partial charge in [-0.15, -0.1) is 0 Å². The lowest BCUT2D eigenvalue weighted by molar-refractivity contribution is -0.0994. The van der Waals surface area contributed by atoms with Crippen molar-refractivity contribution >= 4 is 0 Å². The minimum atomic E-state index is -0.384. The van der Waals surface area contributed by atoms with Crippen molar-refractivity contribution in [2.24, 2.45) is 5.41 Å². The minimum Gasteiger partial charge on any atom is -0.365 e. The maximum atomic E-state index is 13.5. The minimum absolute atomic E-state index is 0.0357. The summed E-state index contributed by atoms with van der Waals surface area (Å²) in [4.78, 5) is 0. The third-order valence-corrected chi connectivity index (χ3v) is 3.57. The van der Waals surface area contributed by atoms with Gasteiger partial charge >= 0.3 is 0 Å². The molecule has 1 nitrogen and oxygen atoms in total. The van der Waals surface area contributed by atoms with Crippen LogP contribution in [0.2, 0.25) is 0 Å². The maximum absolute atomic E-state index is 13.5. The van der Waals surface area contributed by atoms with Crippen LogP contribution < -0.4 is 0 Å². The molecule has 0 aliphatic carbocycles. The van der Waals surface area contributed by atoms with Crippen molar-refractivity contribution in [2.75, 3.05) is 0 Å². The summed E-state index contributed by atoms with van der Waals surface area (Å²) in [7, 11) is 0. The zero-order valence-corrected chi connectivity index (χ0v) is 9.73. The Labute approximate surface area is 90.3 Å². The molecule has 0 saturated heterocycles. The summed E-state index contributed by atoms with van der Waals surface area (Å²) in [5.41, 5.74) is 1.29. The standard InChI is InChI=1S/C13H17FO/c1-12(2,3)13(4)10-6-5-7-11(14)9(10)8-15-13/h5-7H,8H2,1-4H3. The van der Waals surface area contributed by atoms with Crippen LogP contribution in [0.15, 0.2) is 18.2 Å². The van der Waals surface area contributed by atoms with Gasteiger partial charge in [-0.2, -0.15) is 0 Å². The molecular weight excluding hydrogens is 191 g/mol. The lowest BCUT2D eigenvalue weighted by Crippen LogP contribution is -2.36. The third kappa shape index (κ3) is 1.39. The van der Waals surface area contributed by atoms with E-state index in [1.54, 1.807) is 6.07 Å². The highest BCUT2D eigenvalue weighted by molar-refractivity contribution is 5.37. The van der Waals surface area contributed by atoms with Gasteiger partial charge in [0.25, 0.3) is 0 Å². The highest BCUT2D eigenvalue weighted by Crippen LogP contribution is 2.48. The van der Waals surface area contributed by atoms with Crippen molar-refractivity contribution in [3.05, 3.63) is 35.1 Å². The van der Waals surface area contributed by atoms with Crippen molar-refractivity contribution in [3.63, 3.8) is 0 Å². The molecule has 0 amide bonds. The van der Waals surface area contributed by atoms with Gasteiger partial charge in [0.05, 0.1) is 12.2 Å². The largest absolute Gasteiger partial charge is 0.365 e. The van der Waals surface area contributed by atoms with Gasteiger partial charge < -0.3 is 4.74 Å². The van der Waals surface area contributed by atoms with E-state index in [2.05, 4.69) is 20.8 Å². The van der Waals surface area contributed by atoms with E-state index in [9.17, 15) is 4.39 Å². The van der Waals surface area contributed by atoms with Gasteiger partial charge in [-0.05, 0) is 24.0 Å². The van der Waals surface area contributed by atoms with Crippen molar-refractivity contribution in [2.45, 2.75) is 39.9 Å². The Morgan fingerprint density at radius 1 is 1.33 bits per heavy atom. The summed E-state index contributed by atoms with van der Waals surface area (Å²) in [5, 5.41) is 0. The van der Waals surface area contributed by atoms with Crippen LogP contribution in [0.4, 0.5) is 4.39 Å². The number of hydrogen-bond acceptors (Lipinski definition) is 1. The molecule has 82 valence electrons. The fraction of sp³-hybridized carbons (Fsp3) is 0.538. The van der Waals surface area contributed by atoms with E-state index < -0.39 is 0 Å². The van der Waals surface area contributed by atoms with E-state index in [1.807, 2.05) is 13.0 Å². The lowest BCUT2D eigenvalue weighted by atomic mass is 9.73. The fourth-order valence-corrected chi connectivity index (χ4v) is 2.07. The zero-order chi connectivity index (χ0) is 11.3. The number of ether oxygens (including phenoxy) is 1. The number of fused-ring (bicyclic) bond motifs is 1. The average Bonchev–Trinajstić information content (AvgIpc) is 2.46. The first-order chi connectivity index (χ1) is 6.86. The average molecular weight is 208 g/mol. The van der Waals surface area contributed by atoms with Crippen LogP contribution in [0.5, 0.6) is 0 Å². The van der Waals surface area contributed by atoms with Crippen LogP contribution in [0.25, 0.3) is 0 Å². The van der Waals surface area contributed by atoms with Gasteiger partial charge in [-0.1, -0.05) is 32.9 Å². The monoisotopic (exact) mass is 208 g/mol. The summed E-state index contributed by atoms with van der Waals surface area (Å²) >= 11 is 0. The molecule has 0 N–H and O–H groups in total. The first kappa shape index (κ1) is 10.6. The van der Waals surface area contributed by atoms with E-state index in [0.29, 0.717) is 6.61 Å². The molecule has 2 heteroatoms. The van der Waals surface area contributed by atoms with Crippen LogP contribution >= 0.6 is 0 Å². The molecule has 0 saturated carbocycles. The summed E-state index contributed by atoms with van der Waals surface area (Å²) in [6, 6.07) is 5.22. The van der Waals surface area contributed by atoms with Gasteiger partial charge in [-0.25, -0.2) is 4.39 Å². The van der Waals surface area contributed by atoms with E-state index in [-0.39, 0.29) is 16.8 Å². The summed E-state index contributed by atoms with van der Waals surface area (Å²) < 4.78 is 19.4. The summed E-state index contributed by atoms with van der Waals surface area (Å²) in [6.07, 6.45) is 0. The van der Waals surface area contributed by atoms with E-state index in [0.717, 1.165) is 11.1 Å². The normalized spacial score (nSPS) is 25.4. The smallest absolute Gasteiger partial charge is 0.129 e. The molecule has 1 aliphatic rings. The molecule has 0 aromatic heterocycles. The van der Waals surface area contributed by atoms with Gasteiger partial charge in [0.1, 0.15) is 5.82 Å². The molecule has 1 aromatic carbocycles. The Bertz CT molecular complexity index is 392. The molecule has 0 radical (unpaired) electrons. The SMILES string of the molecule is CC(C)(C)C1(C)OCc2c(F)cccc21. The van der Waals surface area contributed by atoms with Gasteiger partial charge in [0.2, 0.25) is 0 Å². The highest BCUT2D eigenvalue weighted by Gasteiger charge is 2.45. The Morgan fingerprint density at radius 2 is 2.00 bits per heavy atom. The quantitative estimate of drug-likeness (QED) is 0.632. The number of benzene rings is 1. The van der Waals surface area contributed by atoms with Crippen molar-refractivity contribution in [1.29, 1.82) is 0 Å². The molecule has 0 fully saturated rings. The Hall–Kier alpha value is -0.890. The van der Waals surface area contributed by atoms with Crippen molar-refractivity contribution in [3.8, 4) is 0 Å². The van der Waals surface area contributed by atoms with Crippen LogP contribution in [-0.2, 0) is 16.9 Å². The second-order valence-corrected chi connectivity index (χ2v) is 5.34. The molecule has 0 spiro atoms. The summed E-state index contributed by atoms with van der Waals surface area (Å²) in [5.74, 6) is -0.152. The maximum Gasteiger partial charge on any atom is 0.129 e. The second-order valence-electron chi connectivity index (χ2n) is 5.34. The predicted molar refractivity (Wildman–Crippen MR) is 58.0 cm³/mol. The first-order valence-electron chi connectivity index (χ1n) is 5.28. The Morgan fingerprint density at radius 3 is 2.60 bits per heavy atom. The number of hydrogen-bond donors (Lipinski definition) is 0. The molecule has 0 bridgehead atoms. The highest BCUT2D eigenvalue weighted by atomic mass is 19.1. The number of halogens is 1. The Balaban J connectivity index is 2.58. The van der Waals surface area contributed by atoms with E-state index in [1.165, 1.54) is 6.07 Å². The topological polar surface area (TPSA) is 9.23 Å². The summed E-state index contributed by atoms with van der Waals surface area (Å²) in [6.45, 7) is 8.78. The van der Waals surface area contributed by atoms with Crippen LogP contribution in [0, 0.1) is 11.2 Å². The molecule has 1 aromatic rings. The van der Waals surface area contributed by atoms with Crippen LogP contribution in [-0.4, -0.2) is 0 Å². The van der Waals surface area contributed by atoms with Gasteiger partial charge in [0.15, 0.2) is 0 Å². The van der Waals surface area contributed by atoms with Crippen molar-refractivity contribution < 1.29 is 9.13 Å². The van der Waals surface area contributed by atoms with Crippen LogP contribution in [0.3, 0.4) is 0 Å². The third-order valence-electron chi connectivity index (χ3n) is 3.57. The molecule has 15 heavy (non-hydrogen) atoms. The van der Waals surface area contributed by atoms with Crippen molar-refractivity contribution in [1.82, 2.24) is 0 Å². The molecular formula is C13H17FO. The molecule has 1 unspecified atom stereocenters. The molecule has 1 atom stereocenters. The van der Waals surface area contributed by atoms with Gasteiger partial charge in [-0.3, -0.25) is 0 Å². The lowest BCUT2D eigenvalue weighted by Gasteiger charge is -2.38. The second kappa shape index (κ2) is 3.05. The van der Waals surface area contributed by atoms with E-state index in [4.69, 9.17) is 4.74 Å². The predicted octanol–water partition coefficient (Wildman–Crippen LogP) is 3.62. The molecule has 1 aliphatic heterocycles. The Kier molecular flexibility index (Phi) is 2.16.